The number of thioether (sulfide) groups is 1. The predicted octanol–water partition coefficient (Wildman–Crippen LogP) is 1.02. The van der Waals surface area contributed by atoms with Crippen LogP contribution < -0.4 is 20.1 Å². The van der Waals surface area contributed by atoms with Crippen molar-refractivity contribution in [2.24, 2.45) is 0 Å². The number of nitrogens with one attached hydrogen (secondary N) is 2. The van der Waals surface area contributed by atoms with Crippen molar-refractivity contribution in [3.05, 3.63) is 23.8 Å². The Morgan fingerprint density at radius 1 is 1.45 bits per heavy atom. The number of hydrogen-bond acceptors (Lipinski definition) is 5. The number of hydrogen-bond donors (Lipinski definition) is 2. The minimum absolute atomic E-state index is 0.0371. The molecule has 2 N–H and O–H groups in total. The molecule has 1 aromatic rings. The van der Waals surface area contributed by atoms with E-state index in [4.69, 9.17) is 9.47 Å². The smallest absolute Gasteiger partial charge is 0.238 e. The minimum Gasteiger partial charge on any atom is -0.497 e. The zero-order valence-corrected chi connectivity index (χ0v) is 12.6. The Labute approximate surface area is 123 Å². The molecule has 110 valence electrons. The lowest BCUT2D eigenvalue weighted by molar-refractivity contribution is -0.122. The summed E-state index contributed by atoms with van der Waals surface area (Å²) in [5, 5.41) is 6.16. The Morgan fingerprint density at radius 2 is 2.30 bits per heavy atom. The largest absolute Gasteiger partial charge is 0.497 e. The van der Waals surface area contributed by atoms with Crippen LogP contribution in [0.25, 0.3) is 0 Å². The number of methoxy groups -OCH3 is 2. The lowest BCUT2D eigenvalue weighted by Crippen LogP contribution is -2.48. The summed E-state index contributed by atoms with van der Waals surface area (Å²) >= 11 is 1.80. The van der Waals surface area contributed by atoms with E-state index < -0.39 is 0 Å². The van der Waals surface area contributed by atoms with Crippen molar-refractivity contribution in [2.45, 2.75) is 12.6 Å². The number of amides is 1. The fourth-order valence-electron chi connectivity index (χ4n) is 2.04. The molecule has 0 saturated carbocycles. The molecule has 1 aliphatic rings. The van der Waals surface area contributed by atoms with Crippen molar-refractivity contribution in [2.75, 3.05) is 32.3 Å². The fraction of sp³-hybridized carbons (Fsp3) is 0.500. The van der Waals surface area contributed by atoms with Gasteiger partial charge in [-0.2, -0.15) is 11.8 Å². The van der Waals surface area contributed by atoms with Crippen molar-refractivity contribution >= 4 is 17.7 Å². The molecule has 0 bridgehead atoms. The van der Waals surface area contributed by atoms with Crippen molar-refractivity contribution in [3.63, 3.8) is 0 Å². The van der Waals surface area contributed by atoms with Gasteiger partial charge in [-0.25, -0.2) is 0 Å². The molecule has 0 aromatic heterocycles. The summed E-state index contributed by atoms with van der Waals surface area (Å²) < 4.78 is 10.5. The summed E-state index contributed by atoms with van der Waals surface area (Å²) in [6, 6.07) is 5.48. The lowest BCUT2D eigenvalue weighted by atomic mass is 10.2. The first kappa shape index (κ1) is 15.0. The first-order valence-electron chi connectivity index (χ1n) is 6.54. The second-order valence-corrected chi connectivity index (χ2v) is 5.63. The van der Waals surface area contributed by atoms with E-state index in [-0.39, 0.29) is 11.9 Å². The number of carbonyl (C=O) groups excluding carboxylic acids is 1. The van der Waals surface area contributed by atoms with Gasteiger partial charge in [-0.1, -0.05) is 0 Å². The van der Waals surface area contributed by atoms with Crippen LogP contribution in [0.3, 0.4) is 0 Å². The van der Waals surface area contributed by atoms with E-state index in [0.29, 0.717) is 6.54 Å². The van der Waals surface area contributed by atoms with Crippen LogP contribution >= 0.6 is 11.8 Å². The lowest BCUT2D eigenvalue weighted by Gasteiger charge is -2.22. The molecular weight excluding hydrogens is 276 g/mol. The van der Waals surface area contributed by atoms with E-state index in [1.807, 2.05) is 18.2 Å². The summed E-state index contributed by atoms with van der Waals surface area (Å²) in [7, 11) is 3.22. The van der Waals surface area contributed by atoms with Gasteiger partial charge >= 0.3 is 0 Å². The van der Waals surface area contributed by atoms with Gasteiger partial charge in [0.25, 0.3) is 0 Å². The maximum atomic E-state index is 12.0. The normalized spacial score (nSPS) is 18.4. The van der Waals surface area contributed by atoms with E-state index >= 15 is 0 Å². The molecule has 1 aromatic carbocycles. The number of benzene rings is 1. The molecule has 1 heterocycles. The molecule has 0 aliphatic carbocycles. The summed E-state index contributed by atoms with van der Waals surface area (Å²) in [5.74, 6) is 3.38. The highest BCUT2D eigenvalue weighted by Gasteiger charge is 2.20. The minimum atomic E-state index is -0.0991. The van der Waals surface area contributed by atoms with Gasteiger partial charge in [0.1, 0.15) is 11.5 Å². The van der Waals surface area contributed by atoms with Crippen molar-refractivity contribution in [1.29, 1.82) is 0 Å². The Balaban J connectivity index is 1.94. The van der Waals surface area contributed by atoms with Crippen LogP contribution in [-0.2, 0) is 11.3 Å². The zero-order chi connectivity index (χ0) is 14.4. The highest BCUT2D eigenvalue weighted by molar-refractivity contribution is 7.99. The van der Waals surface area contributed by atoms with E-state index in [1.165, 1.54) is 0 Å². The molecule has 20 heavy (non-hydrogen) atoms. The fourth-order valence-corrected chi connectivity index (χ4v) is 2.97. The number of carbonyl (C=O) groups is 1. The molecule has 2 rings (SSSR count). The van der Waals surface area contributed by atoms with Gasteiger partial charge in [-0.05, 0) is 12.1 Å². The first-order chi connectivity index (χ1) is 9.74. The van der Waals surface area contributed by atoms with E-state index in [1.54, 1.807) is 26.0 Å². The van der Waals surface area contributed by atoms with Crippen molar-refractivity contribution in [3.8, 4) is 11.5 Å². The third-order valence-electron chi connectivity index (χ3n) is 3.19. The van der Waals surface area contributed by atoms with Crippen LogP contribution in [-0.4, -0.2) is 44.2 Å². The molecule has 1 aliphatic heterocycles. The summed E-state index contributed by atoms with van der Waals surface area (Å²) in [4.78, 5) is 12.0. The second kappa shape index (κ2) is 7.40. The number of rotatable bonds is 5. The molecule has 0 spiro atoms. The predicted molar refractivity (Wildman–Crippen MR) is 80.5 cm³/mol. The third-order valence-corrected chi connectivity index (χ3v) is 4.25. The first-order valence-corrected chi connectivity index (χ1v) is 7.70. The topological polar surface area (TPSA) is 59.6 Å². The molecule has 1 atom stereocenters. The SMILES string of the molecule is COc1ccc(CNC(=O)C2CSCCN2)c(OC)c1. The molecule has 1 amide bonds. The van der Waals surface area contributed by atoms with Crippen LogP contribution in [0.1, 0.15) is 5.56 Å². The van der Waals surface area contributed by atoms with Gasteiger partial charge in [0, 0.05) is 36.2 Å². The van der Waals surface area contributed by atoms with E-state index in [0.717, 1.165) is 35.1 Å². The summed E-state index contributed by atoms with van der Waals surface area (Å²) in [6.07, 6.45) is 0. The van der Waals surface area contributed by atoms with Crippen LogP contribution in [0.5, 0.6) is 11.5 Å². The van der Waals surface area contributed by atoms with Crippen LogP contribution in [0, 0.1) is 0 Å². The standard InChI is InChI=1S/C14H20N2O3S/c1-18-11-4-3-10(13(7-11)19-2)8-16-14(17)12-9-20-6-5-15-12/h3-4,7,12,15H,5-6,8-9H2,1-2H3,(H,16,17). The molecule has 1 saturated heterocycles. The summed E-state index contributed by atoms with van der Waals surface area (Å²) in [6.45, 7) is 1.34. The highest BCUT2D eigenvalue weighted by Crippen LogP contribution is 2.24. The number of ether oxygens (including phenoxy) is 2. The molecule has 1 unspecified atom stereocenters. The maximum absolute atomic E-state index is 12.0. The van der Waals surface area contributed by atoms with Crippen molar-refractivity contribution in [1.82, 2.24) is 10.6 Å². The van der Waals surface area contributed by atoms with Crippen LogP contribution in [0.15, 0.2) is 18.2 Å². The molecule has 5 nitrogen and oxygen atoms in total. The monoisotopic (exact) mass is 296 g/mol. The van der Waals surface area contributed by atoms with Crippen LogP contribution in [0.4, 0.5) is 0 Å². The quantitative estimate of drug-likeness (QED) is 0.850. The highest BCUT2D eigenvalue weighted by atomic mass is 32.2. The van der Waals surface area contributed by atoms with E-state index in [9.17, 15) is 4.79 Å². The average Bonchev–Trinajstić information content (AvgIpc) is 2.53. The van der Waals surface area contributed by atoms with Gasteiger partial charge in [0.05, 0.1) is 20.3 Å². The van der Waals surface area contributed by atoms with Gasteiger partial charge in [-0.3, -0.25) is 4.79 Å². The molecular formula is C14H20N2O3S. The third kappa shape index (κ3) is 3.80. The van der Waals surface area contributed by atoms with Gasteiger partial charge in [-0.15, -0.1) is 0 Å². The maximum Gasteiger partial charge on any atom is 0.238 e. The summed E-state index contributed by atoms with van der Waals surface area (Å²) in [5.41, 5.74) is 0.935. The van der Waals surface area contributed by atoms with Crippen LogP contribution in [0.2, 0.25) is 0 Å². The van der Waals surface area contributed by atoms with Gasteiger partial charge in [0.15, 0.2) is 0 Å². The van der Waals surface area contributed by atoms with E-state index in [2.05, 4.69) is 10.6 Å². The molecule has 1 fully saturated rings. The molecule has 0 radical (unpaired) electrons. The Morgan fingerprint density at radius 3 is 2.95 bits per heavy atom. The average molecular weight is 296 g/mol. The Hall–Kier alpha value is -1.40. The zero-order valence-electron chi connectivity index (χ0n) is 11.8. The van der Waals surface area contributed by atoms with Gasteiger partial charge < -0.3 is 20.1 Å². The Kier molecular flexibility index (Phi) is 5.55. The Bertz CT molecular complexity index is 462. The van der Waals surface area contributed by atoms with Crippen molar-refractivity contribution < 1.29 is 14.3 Å². The molecule has 6 heteroatoms. The second-order valence-electron chi connectivity index (χ2n) is 4.48. The van der Waals surface area contributed by atoms with Gasteiger partial charge in [0.2, 0.25) is 5.91 Å².